The lowest BCUT2D eigenvalue weighted by Gasteiger charge is -2.14. The maximum Gasteiger partial charge on any atom is 0.301 e. The maximum atomic E-state index is 11.6. The SMILES string of the molecule is Cc1ccc(NS(=O)(=O)N(C)C)cc1S(N)(=O)=O. The highest BCUT2D eigenvalue weighted by molar-refractivity contribution is 7.90. The largest absolute Gasteiger partial charge is 0.301 e. The van der Waals surface area contributed by atoms with Gasteiger partial charge in [0.2, 0.25) is 10.0 Å². The van der Waals surface area contributed by atoms with Crippen molar-refractivity contribution in [3.05, 3.63) is 23.8 Å². The van der Waals surface area contributed by atoms with Gasteiger partial charge in [0.1, 0.15) is 0 Å². The van der Waals surface area contributed by atoms with Crippen LogP contribution in [0.25, 0.3) is 0 Å². The average Bonchev–Trinajstić information content (AvgIpc) is 2.18. The van der Waals surface area contributed by atoms with Crippen LogP contribution in [0.1, 0.15) is 5.56 Å². The topological polar surface area (TPSA) is 110 Å². The molecule has 1 rings (SSSR count). The van der Waals surface area contributed by atoms with Gasteiger partial charge in [-0.05, 0) is 24.6 Å². The van der Waals surface area contributed by atoms with Crippen molar-refractivity contribution < 1.29 is 16.8 Å². The van der Waals surface area contributed by atoms with Crippen LogP contribution in [0.15, 0.2) is 23.1 Å². The Labute approximate surface area is 107 Å². The lowest BCUT2D eigenvalue weighted by atomic mass is 10.2. The fourth-order valence-electron chi connectivity index (χ4n) is 1.21. The van der Waals surface area contributed by atoms with E-state index < -0.39 is 20.2 Å². The predicted octanol–water partition coefficient (Wildman–Crippen LogP) is -0.139. The highest BCUT2D eigenvalue weighted by atomic mass is 32.2. The number of hydrogen-bond acceptors (Lipinski definition) is 4. The molecule has 1 aromatic rings. The van der Waals surface area contributed by atoms with E-state index in [9.17, 15) is 16.8 Å². The summed E-state index contributed by atoms with van der Waals surface area (Å²) in [5.74, 6) is 0. The van der Waals surface area contributed by atoms with E-state index in [4.69, 9.17) is 5.14 Å². The summed E-state index contributed by atoms with van der Waals surface area (Å²) in [6, 6.07) is 4.13. The van der Waals surface area contributed by atoms with Gasteiger partial charge in [-0.2, -0.15) is 12.7 Å². The summed E-state index contributed by atoms with van der Waals surface area (Å²) in [5, 5.41) is 5.03. The number of anilines is 1. The maximum absolute atomic E-state index is 11.6. The normalized spacial score (nSPS) is 12.7. The van der Waals surface area contributed by atoms with Gasteiger partial charge < -0.3 is 0 Å². The van der Waals surface area contributed by atoms with Gasteiger partial charge in [-0.15, -0.1) is 0 Å². The predicted molar refractivity (Wildman–Crippen MR) is 68.8 cm³/mol. The molecule has 0 spiro atoms. The molecular weight excluding hydrogens is 278 g/mol. The van der Waals surface area contributed by atoms with Crippen LogP contribution >= 0.6 is 0 Å². The first-order valence-corrected chi connectivity index (χ1v) is 7.86. The lowest BCUT2D eigenvalue weighted by molar-refractivity contribution is 0.526. The van der Waals surface area contributed by atoms with E-state index in [0.29, 0.717) is 5.56 Å². The van der Waals surface area contributed by atoms with E-state index in [0.717, 1.165) is 4.31 Å². The van der Waals surface area contributed by atoms with Crippen LogP contribution in [0.3, 0.4) is 0 Å². The van der Waals surface area contributed by atoms with E-state index in [1.54, 1.807) is 6.92 Å². The molecule has 0 unspecified atom stereocenters. The van der Waals surface area contributed by atoms with Crippen LogP contribution in [0.4, 0.5) is 5.69 Å². The van der Waals surface area contributed by atoms with Crippen LogP contribution < -0.4 is 9.86 Å². The quantitative estimate of drug-likeness (QED) is 0.805. The molecule has 0 saturated heterocycles. The molecule has 0 aliphatic rings. The zero-order chi connectivity index (χ0) is 14.1. The van der Waals surface area contributed by atoms with Crippen LogP contribution in [0, 0.1) is 6.92 Å². The molecule has 9 heteroatoms. The van der Waals surface area contributed by atoms with Crippen molar-refractivity contribution in [3.63, 3.8) is 0 Å². The molecule has 0 aliphatic heterocycles. The molecule has 0 fully saturated rings. The van der Waals surface area contributed by atoms with Gasteiger partial charge in [0.25, 0.3) is 0 Å². The Balaban J connectivity index is 3.24. The second-order valence-corrected chi connectivity index (χ2v) is 7.33. The highest BCUT2D eigenvalue weighted by Gasteiger charge is 2.16. The molecule has 3 N–H and O–H groups in total. The molecule has 0 heterocycles. The summed E-state index contributed by atoms with van der Waals surface area (Å²) in [7, 11) is -4.84. The summed E-state index contributed by atoms with van der Waals surface area (Å²) in [5.41, 5.74) is 0.587. The Bertz CT molecular complexity index is 650. The molecule has 0 saturated carbocycles. The Morgan fingerprint density at radius 2 is 1.72 bits per heavy atom. The Morgan fingerprint density at radius 3 is 2.17 bits per heavy atom. The van der Waals surface area contributed by atoms with Gasteiger partial charge in [0.15, 0.2) is 0 Å². The van der Waals surface area contributed by atoms with Gasteiger partial charge in [-0.3, -0.25) is 4.72 Å². The lowest BCUT2D eigenvalue weighted by Crippen LogP contribution is -2.29. The standard InChI is InChI=1S/C9H15N3O4S2/c1-7-4-5-8(6-9(7)17(10,13)14)11-18(15,16)12(2)3/h4-6,11H,1-3H3,(H2,10,13,14). The third kappa shape index (κ3) is 3.42. The molecule has 0 radical (unpaired) electrons. The second-order valence-electron chi connectivity index (χ2n) is 3.91. The summed E-state index contributed by atoms with van der Waals surface area (Å²) in [6.07, 6.45) is 0. The van der Waals surface area contributed by atoms with E-state index in [2.05, 4.69) is 4.72 Å². The van der Waals surface area contributed by atoms with Gasteiger partial charge in [-0.1, -0.05) is 6.07 Å². The van der Waals surface area contributed by atoms with Crippen LogP contribution in [-0.2, 0) is 20.2 Å². The molecule has 0 bridgehead atoms. The Hall–Kier alpha value is -1.16. The van der Waals surface area contributed by atoms with Crippen molar-refractivity contribution in [2.75, 3.05) is 18.8 Å². The summed E-state index contributed by atoms with van der Waals surface area (Å²) in [4.78, 5) is -0.110. The summed E-state index contributed by atoms with van der Waals surface area (Å²) in [6.45, 7) is 1.57. The third-order valence-corrected chi connectivity index (χ3v) is 4.73. The fraction of sp³-hybridized carbons (Fsp3) is 0.333. The van der Waals surface area contributed by atoms with Crippen molar-refractivity contribution in [1.29, 1.82) is 0 Å². The molecule has 0 aromatic heterocycles. The summed E-state index contributed by atoms with van der Waals surface area (Å²) < 4.78 is 49.0. The van der Waals surface area contributed by atoms with Crippen molar-refractivity contribution in [2.45, 2.75) is 11.8 Å². The number of aryl methyl sites for hydroxylation is 1. The molecule has 0 amide bonds. The zero-order valence-corrected chi connectivity index (χ0v) is 11.8. The van der Waals surface area contributed by atoms with Gasteiger partial charge >= 0.3 is 10.2 Å². The van der Waals surface area contributed by atoms with Crippen LogP contribution in [-0.4, -0.2) is 35.2 Å². The van der Waals surface area contributed by atoms with Gasteiger partial charge in [0.05, 0.1) is 10.6 Å². The molecule has 0 atom stereocenters. The number of nitrogens with two attached hydrogens (primary N) is 1. The number of sulfonamides is 1. The van der Waals surface area contributed by atoms with E-state index in [1.165, 1.54) is 32.3 Å². The van der Waals surface area contributed by atoms with Gasteiger partial charge in [-0.25, -0.2) is 13.6 Å². The van der Waals surface area contributed by atoms with E-state index >= 15 is 0 Å². The smallest absolute Gasteiger partial charge is 0.271 e. The van der Waals surface area contributed by atoms with Crippen molar-refractivity contribution >= 4 is 25.9 Å². The molecule has 18 heavy (non-hydrogen) atoms. The first-order valence-electron chi connectivity index (χ1n) is 4.88. The fourth-order valence-corrected chi connectivity index (χ4v) is 2.63. The first kappa shape index (κ1) is 14.9. The minimum absolute atomic E-state index is 0.110. The monoisotopic (exact) mass is 293 g/mol. The van der Waals surface area contributed by atoms with Crippen LogP contribution in [0.5, 0.6) is 0 Å². The summed E-state index contributed by atoms with van der Waals surface area (Å²) >= 11 is 0. The molecular formula is C9H15N3O4S2. The van der Waals surface area contributed by atoms with Crippen molar-refractivity contribution in [2.24, 2.45) is 5.14 Å². The Kier molecular flexibility index (Phi) is 4.01. The first-order chi connectivity index (χ1) is 8.04. The molecule has 7 nitrogen and oxygen atoms in total. The van der Waals surface area contributed by atoms with Crippen LogP contribution in [0.2, 0.25) is 0 Å². The van der Waals surface area contributed by atoms with Crippen molar-refractivity contribution in [1.82, 2.24) is 4.31 Å². The minimum atomic E-state index is -3.88. The molecule has 0 aliphatic carbocycles. The minimum Gasteiger partial charge on any atom is -0.271 e. The molecule has 1 aromatic carbocycles. The number of nitrogens with zero attached hydrogens (tertiary/aromatic N) is 1. The van der Waals surface area contributed by atoms with Gasteiger partial charge in [0, 0.05) is 14.1 Å². The molecule has 102 valence electrons. The number of hydrogen-bond donors (Lipinski definition) is 2. The number of primary sulfonamides is 1. The highest BCUT2D eigenvalue weighted by Crippen LogP contribution is 2.20. The van der Waals surface area contributed by atoms with Crippen molar-refractivity contribution in [3.8, 4) is 0 Å². The zero-order valence-electron chi connectivity index (χ0n) is 10.2. The number of rotatable bonds is 4. The van der Waals surface area contributed by atoms with E-state index in [-0.39, 0.29) is 10.6 Å². The third-order valence-electron chi connectivity index (χ3n) is 2.22. The van der Waals surface area contributed by atoms with E-state index in [1.807, 2.05) is 0 Å². The second kappa shape index (κ2) is 4.84. The number of benzene rings is 1. The Morgan fingerprint density at radius 1 is 1.17 bits per heavy atom. The average molecular weight is 293 g/mol. The number of nitrogens with one attached hydrogen (secondary N) is 1.